The Morgan fingerprint density at radius 3 is 2.47 bits per heavy atom. The normalized spacial score (nSPS) is 23.5. The number of carbonyl (C=O) groups is 1. The van der Waals surface area contributed by atoms with E-state index in [1.54, 1.807) is 17.9 Å². The van der Waals surface area contributed by atoms with E-state index < -0.39 is 5.82 Å². The van der Waals surface area contributed by atoms with E-state index in [1.807, 2.05) is 13.8 Å². The van der Waals surface area contributed by atoms with Crippen molar-refractivity contribution in [2.75, 3.05) is 5.73 Å². The molecule has 1 aliphatic heterocycles. The molecule has 1 aromatic carbocycles. The monoisotopic (exact) mass is 264 g/mol. The van der Waals surface area contributed by atoms with Crippen molar-refractivity contribution in [1.29, 1.82) is 0 Å². The van der Waals surface area contributed by atoms with E-state index in [2.05, 4.69) is 0 Å². The van der Waals surface area contributed by atoms with Crippen LogP contribution in [0.25, 0.3) is 0 Å². The summed E-state index contributed by atoms with van der Waals surface area (Å²) < 4.78 is 14.1. The maximum absolute atomic E-state index is 14.1. The molecule has 1 aliphatic rings. The van der Waals surface area contributed by atoms with Crippen LogP contribution in [0.2, 0.25) is 0 Å². The third kappa shape index (κ3) is 2.57. The predicted molar refractivity (Wildman–Crippen MR) is 74.5 cm³/mol. The van der Waals surface area contributed by atoms with Crippen molar-refractivity contribution in [2.24, 2.45) is 0 Å². The van der Waals surface area contributed by atoms with E-state index >= 15 is 0 Å². The number of rotatable bonds is 1. The van der Waals surface area contributed by atoms with Gasteiger partial charge >= 0.3 is 0 Å². The van der Waals surface area contributed by atoms with Crippen LogP contribution in [0, 0.1) is 12.7 Å². The van der Waals surface area contributed by atoms with E-state index in [-0.39, 0.29) is 23.6 Å². The van der Waals surface area contributed by atoms with Gasteiger partial charge in [-0.25, -0.2) is 4.39 Å². The van der Waals surface area contributed by atoms with Gasteiger partial charge < -0.3 is 10.6 Å². The molecule has 2 atom stereocenters. The van der Waals surface area contributed by atoms with Crippen molar-refractivity contribution < 1.29 is 9.18 Å². The highest BCUT2D eigenvalue weighted by Crippen LogP contribution is 2.27. The van der Waals surface area contributed by atoms with Crippen molar-refractivity contribution in [2.45, 2.75) is 52.1 Å². The highest BCUT2D eigenvalue weighted by atomic mass is 19.1. The molecule has 1 aromatic rings. The van der Waals surface area contributed by atoms with E-state index in [1.165, 1.54) is 6.07 Å². The second-order valence-corrected chi connectivity index (χ2v) is 5.54. The van der Waals surface area contributed by atoms with Gasteiger partial charge in [0.1, 0.15) is 5.82 Å². The van der Waals surface area contributed by atoms with Gasteiger partial charge in [0.25, 0.3) is 5.91 Å². The molecule has 1 fully saturated rings. The fourth-order valence-electron chi connectivity index (χ4n) is 2.91. The molecule has 0 saturated carbocycles. The molecule has 19 heavy (non-hydrogen) atoms. The summed E-state index contributed by atoms with van der Waals surface area (Å²) in [7, 11) is 0. The van der Waals surface area contributed by atoms with Gasteiger partial charge in [-0.05, 0) is 57.7 Å². The van der Waals surface area contributed by atoms with Crippen LogP contribution in [0.5, 0.6) is 0 Å². The van der Waals surface area contributed by atoms with Gasteiger partial charge in [0.05, 0.1) is 5.56 Å². The molecule has 1 amide bonds. The van der Waals surface area contributed by atoms with E-state index in [4.69, 9.17) is 5.73 Å². The summed E-state index contributed by atoms with van der Waals surface area (Å²) in [6.45, 7) is 5.67. The molecular weight excluding hydrogens is 243 g/mol. The number of likely N-dealkylation sites (tertiary alicyclic amines) is 1. The SMILES string of the molecule is Cc1cc(N)cc(C(=O)N2C(C)CCCC2C)c1F. The zero-order valence-corrected chi connectivity index (χ0v) is 11.7. The van der Waals surface area contributed by atoms with Crippen LogP contribution < -0.4 is 5.73 Å². The molecule has 0 bridgehead atoms. The standard InChI is InChI=1S/C15H21FN2O/c1-9-7-12(17)8-13(14(9)16)15(19)18-10(2)5-4-6-11(18)3/h7-8,10-11H,4-6,17H2,1-3H3. The van der Waals surface area contributed by atoms with E-state index in [0.717, 1.165) is 19.3 Å². The number of nitrogens with two attached hydrogens (primary N) is 1. The summed E-state index contributed by atoms with van der Waals surface area (Å²) in [6, 6.07) is 3.29. The van der Waals surface area contributed by atoms with Crippen LogP contribution in [-0.2, 0) is 0 Å². The summed E-state index contributed by atoms with van der Waals surface area (Å²) >= 11 is 0. The predicted octanol–water partition coefficient (Wildman–Crippen LogP) is 3.12. The zero-order chi connectivity index (χ0) is 14.2. The van der Waals surface area contributed by atoms with Gasteiger partial charge in [-0.15, -0.1) is 0 Å². The smallest absolute Gasteiger partial charge is 0.257 e. The maximum Gasteiger partial charge on any atom is 0.257 e. The first kappa shape index (κ1) is 13.8. The topological polar surface area (TPSA) is 46.3 Å². The fourth-order valence-corrected chi connectivity index (χ4v) is 2.91. The summed E-state index contributed by atoms with van der Waals surface area (Å²) in [5, 5.41) is 0. The van der Waals surface area contributed by atoms with Gasteiger partial charge in [-0.3, -0.25) is 4.79 Å². The minimum Gasteiger partial charge on any atom is -0.399 e. The van der Waals surface area contributed by atoms with Crippen molar-refractivity contribution in [1.82, 2.24) is 4.90 Å². The summed E-state index contributed by atoms with van der Waals surface area (Å²) in [5.74, 6) is -0.697. The van der Waals surface area contributed by atoms with Gasteiger partial charge in [-0.1, -0.05) is 0 Å². The van der Waals surface area contributed by atoms with Crippen LogP contribution in [0.1, 0.15) is 49.0 Å². The number of amides is 1. The van der Waals surface area contributed by atoms with Crippen LogP contribution in [0.4, 0.5) is 10.1 Å². The molecule has 0 spiro atoms. The van der Waals surface area contributed by atoms with Crippen molar-refractivity contribution in [3.8, 4) is 0 Å². The molecule has 2 N–H and O–H groups in total. The minimum atomic E-state index is -0.454. The first-order valence-electron chi connectivity index (χ1n) is 6.80. The van der Waals surface area contributed by atoms with Gasteiger partial charge in [0, 0.05) is 17.8 Å². The number of halogens is 1. The molecule has 1 heterocycles. The Balaban J connectivity index is 2.38. The summed E-state index contributed by atoms with van der Waals surface area (Å²) in [4.78, 5) is 14.4. The summed E-state index contributed by atoms with van der Waals surface area (Å²) in [6.07, 6.45) is 3.06. The Morgan fingerprint density at radius 1 is 1.32 bits per heavy atom. The molecule has 2 unspecified atom stereocenters. The number of aryl methyl sites for hydroxylation is 1. The lowest BCUT2D eigenvalue weighted by Crippen LogP contribution is -2.47. The Morgan fingerprint density at radius 2 is 1.89 bits per heavy atom. The molecule has 0 radical (unpaired) electrons. The average molecular weight is 264 g/mol. The Labute approximate surface area is 113 Å². The number of nitrogen functional groups attached to an aromatic ring is 1. The van der Waals surface area contributed by atoms with Crippen LogP contribution in [0.15, 0.2) is 12.1 Å². The lowest BCUT2D eigenvalue weighted by atomic mass is 9.96. The van der Waals surface area contributed by atoms with Crippen molar-refractivity contribution >= 4 is 11.6 Å². The van der Waals surface area contributed by atoms with Crippen LogP contribution >= 0.6 is 0 Å². The van der Waals surface area contributed by atoms with Crippen LogP contribution in [-0.4, -0.2) is 22.9 Å². The third-order valence-electron chi connectivity index (χ3n) is 3.94. The lowest BCUT2D eigenvalue weighted by Gasteiger charge is -2.39. The molecule has 0 aromatic heterocycles. The molecule has 4 heteroatoms. The Kier molecular flexibility index (Phi) is 3.78. The van der Waals surface area contributed by atoms with E-state index in [9.17, 15) is 9.18 Å². The van der Waals surface area contributed by atoms with Crippen molar-refractivity contribution in [3.05, 3.63) is 29.1 Å². The zero-order valence-electron chi connectivity index (χ0n) is 11.7. The molecule has 2 rings (SSSR count). The number of piperidine rings is 1. The Bertz CT molecular complexity index is 491. The fraction of sp³-hybridized carbons (Fsp3) is 0.533. The van der Waals surface area contributed by atoms with Crippen molar-refractivity contribution in [3.63, 3.8) is 0 Å². The molecule has 1 saturated heterocycles. The first-order valence-corrected chi connectivity index (χ1v) is 6.80. The minimum absolute atomic E-state index is 0.0955. The number of carbonyl (C=O) groups excluding carboxylic acids is 1. The van der Waals surface area contributed by atoms with Gasteiger partial charge in [0.15, 0.2) is 0 Å². The largest absolute Gasteiger partial charge is 0.399 e. The molecule has 104 valence electrons. The Hall–Kier alpha value is -1.58. The number of hydrogen-bond acceptors (Lipinski definition) is 2. The highest BCUT2D eigenvalue weighted by Gasteiger charge is 2.31. The highest BCUT2D eigenvalue weighted by molar-refractivity contribution is 5.96. The van der Waals surface area contributed by atoms with Gasteiger partial charge in [-0.2, -0.15) is 0 Å². The quantitative estimate of drug-likeness (QED) is 0.792. The number of anilines is 1. The number of nitrogens with zero attached hydrogens (tertiary/aromatic N) is 1. The van der Waals surface area contributed by atoms with E-state index in [0.29, 0.717) is 11.3 Å². The van der Waals surface area contributed by atoms with Gasteiger partial charge in [0.2, 0.25) is 0 Å². The average Bonchev–Trinajstić information content (AvgIpc) is 2.33. The summed E-state index contributed by atoms with van der Waals surface area (Å²) in [5.41, 5.74) is 6.67. The third-order valence-corrected chi connectivity index (χ3v) is 3.94. The second kappa shape index (κ2) is 5.19. The second-order valence-electron chi connectivity index (χ2n) is 5.54. The van der Waals surface area contributed by atoms with Crippen LogP contribution in [0.3, 0.4) is 0 Å². The molecular formula is C15H21FN2O. The number of benzene rings is 1. The number of hydrogen-bond donors (Lipinski definition) is 1. The maximum atomic E-state index is 14.1. The molecule has 0 aliphatic carbocycles. The lowest BCUT2D eigenvalue weighted by molar-refractivity contribution is 0.0506. The molecule has 3 nitrogen and oxygen atoms in total. The first-order chi connectivity index (χ1) is 8.91.